The topological polar surface area (TPSA) is 78.9 Å². The van der Waals surface area contributed by atoms with Crippen molar-refractivity contribution < 1.29 is 28.6 Å². The minimum absolute atomic E-state index is 0.0816. The molecule has 0 N–H and O–H groups in total. The molecule has 0 saturated carbocycles. The predicted octanol–water partition coefficient (Wildman–Crippen LogP) is 22.3. The summed E-state index contributed by atoms with van der Waals surface area (Å²) in [6.07, 6.45) is 84.4. The summed E-state index contributed by atoms with van der Waals surface area (Å²) in [5.41, 5.74) is 0. The lowest BCUT2D eigenvalue weighted by Crippen LogP contribution is -2.30. The Balaban J connectivity index is 4.34. The number of rotatable bonds is 59. The molecule has 0 saturated heterocycles. The van der Waals surface area contributed by atoms with Crippen molar-refractivity contribution in [1.82, 2.24) is 0 Å². The Hall–Kier alpha value is -3.41. The number of esters is 3. The Morgan fingerprint density at radius 1 is 0.276 bits per heavy atom. The van der Waals surface area contributed by atoms with Gasteiger partial charge in [0.15, 0.2) is 6.10 Å². The molecule has 438 valence electrons. The maximum Gasteiger partial charge on any atom is 0.306 e. The van der Waals surface area contributed by atoms with Crippen molar-refractivity contribution in [2.75, 3.05) is 13.2 Å². The highest BCUT2D eigenvalue weighted by molar-refractivity contribution is 5.71. The van der Waals surface area contributed by atoms with Crippen molar-refractivity contribution >= 4 is 17.9 Å². The van der Waals surface area contributed by atoms with Gasteiger partial charge in [0.2, 0.25) is 0 Å². The Bertz CT molecular complexity index is 1450. The molecule has 6 nitrogen and oxygen atoms in total. The monoisotopic (exact) mass is 1060 g/mol. The van der Waals surface area contributed by atoms with Crippen molar-refractivity contribution in [2.24, 2.45) is 0 Å². The Morgan fingerprint density at radius 3 is 0.816 bits per heavy atom. The number of ether oxygens (including phenoxy) is 3. The number of allylic oxidation sites excluding steroid dienone is 14. The third-order valence-corrected chi connectivity index (χ3v) is 14.1. The van der Waals surface area contributed by atoms with Gasteiger partial charge in [-0.05, 0) is 116 Å². The maximum absolute atomic E-state index is 12.9. The van der Waals surface area contributed by atoms with Gasteiger partial charge >= 0.3 is 17.9 Å². The first-order valence-electron chi connectivity index (χ1n) is 32.6. The summed E-state index contributed by atoms with van der Waals surface area (Å²) in [7, 11) is 0. The maximum atomic E-state index is 12.9. The quantitative estimate of drug-likeness (QED) is 0.0261. The van der Waals surface area contributed by atoms with Gasteiger partial charge in [-0.25, -0.2) is 0 Å². The van der Waals surface area contributed by atoms with Gasteiger partial charge in [-0.3, -0.25) is 14.4 Å². The molecule has 1 unspecified atom stereocenters. The predicted molar refractivity (Wildman–Crippen MR) is 330 cm³/mol. The van der Waals surface area contributed by atoms with Gasteiger partial charge < -0.3 is 14.2 Å². The van der Waals surface area contributed by atoms with Crippen LogP contribution in [-0.2, 0) is 28.6 Å². The molecule has 0 radical (unpaired) electrons. The summed E-state index contributed by atoms with van der Waals surface area (Å²) in [5, 5.41) is 0. The van der Waals surface area contributed by atoms with E-state index in [0.717, 1.165) is 103 Å². The highest BCUT2D eigenvalue weighted by Crippen LogP contribution is 2.16. The third-order valence-electron chi connectivity index (χ3n) is 14.1. The van der Waals surface area contributed by atoms with Crippen molar-refractivity contribution in [3.8, 4) is 0 Å². The lowest BCUT2D eigenvalue weighted by molar-refractivity contribution is -0.167. The van der Waals surface area contributed by atoms with E-state index in [1.54, 1.807) is 0 Å². The lowest BCUT2D eigenvalue weighted by atomic mass is 10.1. The summed E-state index contributed by atoms with van der Waals surface area (Å²) in [6.45, 7) is 6.53. The second kappa shape index (κ2) is 64.1. The van der Waals surface area contributed by atoms with Crippen LogP contribution in [0.5, 0.6) is 0 Å². The highest BCUT2D eigenvalue weighted by atomic mass is 16.6. The summed E-state index contributed by atoms with van der Waals surface area (Å²) in [5.74, 6) is -0.884. The van der Waals surface area contributed by atoms with Crippen LogP contribution in [0.25, 0.3) is 0 Å². The molecule has 6 heteroatoms. The summed E-state index contributed by atoms with van der Waals surface area (Å²) >= 11 is 0. The smallest absolute Gasteiger partial charge is 0.306 e. The molecule has 0 aromatic heterocycles. The standard InChI is InChI=1S/C70H122O6/c1-4-7-10-13-16-19-22-25-28-30-32-33-34-35-36-37-39-40-42-45-48-51-54-57-60-63-69(72)75-66-67(65-74-68(71)62-59-56-53-50-47-44-27-24-21-18-15-12-9-6-3)76-70(73)64-61-58-55-52-49-46-43-41-38-31-29-26-23-20-17-14-11-8-5-2/h7,10,16,19,24-29,32-33,35-36,67H,4-6,8-9,11-15,17-18,20-23,30-31,34,37-66H2,1-3H3/b10-7-,19-16-,27-24-,28-25-,29-26-,33-32-,36-35-. The first kappa shape index (κ1) is 72.6. The average Bonchev–Trinajstić information content (AvgIpc) is 3.42. The van der Waals surface area contributed by atoms with Crippen LogP contribution in [0.4, 0.5) is 0 Å². The zero-order chi connectivity index (χ0) is 55.0. The normalized spacial score (nSPS) is 12.6. The van der Waals surface area contributed by atoms with Gasteiger partial charge in [0.1, 0.15) is 13.2 Å². The SMILES string of the molecule is CC/C=C\C/C=C\C/C=C\C/C=C\C/C=C\CCCCCCCCCCCC(=O)OCC(COC(=O)CCCCCCC/C=C\CCCCCCC)OC(=O)CCCCCCCCCCC/C=C\CCCCCCCC. The van der Waals surface area contributed by atoms with Crippen LogP contribution >= 0.6 is 0 Å². The van der Waals surface area contributed by atoms with Gasteiger partial charge in [0.05, 0.1) is 0 Å². The molecule has 0 rings (SSSR count). The van der Waals surface area contributed by atoms with Crippen molar-refractivity contribution in [3.05, 3.63) is 85.1 Å². The van der Waals surface area contributed by atoms with Crippen molar-refractivity contribution in [3.63, 3.8) is 0 Å². The van der Waals surface area contributed by atoms with Gasteiger partial charge in [0, 0.05) is 19.3 Å². The molecule has 0 aliphatic carbocycles. The van der Waals surface area contributed by atoms with Crippen LogP contribution in [0.15, 0.2) is 85.1 Å². The van der Waals surface area contributed by atoms with Crippen LogP contribution in [0.1, 0.15) is 323 Å². The largest absolute Gasteiger partial charge is 0.462 e. The van der Waals surface area contributed by atoms with E-state index in [9.17, 15) is 14.4 Å². The Labute approximate surface area is 471 Å². The number of hydrogen-bond donors (Lipinski definition) is 0. The number of hydrogen-bond acceptors (Lipinski definition) is 6. The second-order valence-electron chi connectivity index (χ2n) is 21.6. The van der Waals surface area contributed by atoms with E-state index in [2.05, 4.69) is 106 Å². The molecule has 0 spiro atoms. The fourth-order valence-electron chi connectivity index (χ4n) is 9.23. The first-order valence-corrected chi connectivity index (χ1v) is 32.6. The van der Waals surface area contributed by atoms with Crippen LogP contribution < -0.4 is 0 Å². The van der Waals surface area contributed by atoms with E-state index in [1.807, 2.05) is 0 Å². The van der Waals surface area contributed by atoms with E-state index in [0.29, 0.717) is 19.3 Å². The molecular formula is C70H122O6. The number of carbonyl (C=O) groups is 3. The summed E-state index contributed by atoms with van der Waals surface area (Å²) in [6, 6.07) is 0. The van der Waals surface area contributed by atoms with Gasteiger partial charge in [-0.15, -0.1) is 0 Å². The molecule has 0 aliphatic heterocycles. The molecule has 0 aliphatic rings. The fraction of sp³-hybridized carbons (Fsp3) is 0.757. The minimum atomic E-state index is -0.785. The lowest BCUT2D eigenvalue weighted by Gasteiger charge is -2.18. The van der Waals surface area contributed by atoms with Crippen molar-refractivity contribution in [1.29, 1.82) is 0 Å². The van der Waals surface area contributed by atoms with E-state index in [-0.39, 0.29) is 31.1 Å². The van der Waals surface area contributed by atoms with Gasteiger partial charge in [-0.2, -0.15) is 0 Å². The van der Waals surface area contributed by atoms with Gasteiger partial charge in [-0.1, -0.05) is 273 Å². The zero-order valence-corrected chi connectivity index (χ0v) is 50.3. The number of unbranched alkanes of at least 4 members (excludes halogenated alkanes) is 34. The third kappa shape index (κ3) is 61.4. The van der Waals surface area contributed by atoms with Crippen LogP contribution in [0.3, 0.4) is 0 Å². The average molecular weight is 1060 g/mol. The molecule has 0 heterocycles. The second-order valence-corrected chi connectivity index (χ2v) is 21.6. The minimum Gasteiger partial charge on any atom is -0.462 e. The molecule has 1 atom stereocenters. The molecule has 0 aromatic carbocycles. The zero-order valence-electron chi connectivity index (χ0n) is 50.3. The molecular weight excluding hydrogens is 937 g/mol. The van der Waals surface area contributed by atoms with Crippen LogP contribution in [0.2, 0.25) is 0 Å². The molecule has 0 aromatic rings. The Morgan fingerprint density at radius 2 is 0.513 bits per heavy atom. The van der Waals surface area contributed by atoms with Crippen LogP contribution in [-0.4, -0.2) is 37.2 Å². The van der Waals surface area contributed by atoms with Crippen molar-refractivity contribution in [2.45, 2.75) is 329 Å². The molecule has 0 bridgehead atoms. The fourth-order valence-corrected chi connectivity index (χ4v) is 9.23. The first-order chi connectivity index (χ1) is 37.5. The molecule has 0 fully saturated rings. The molecule has 0 amide bonds. The highest BCUT2D eigenvalue weighted by Gasteiger charge is 2.19. The van der Waals surface area contributed by atoms with E-state index in [4.69, 9.17) is 14.2 Å². The van der Waals surface area contributed by atoms with E-state index >= 15 is 0 Å². The summed E-state index contributed by atoms with van der Waals surface area (Å²) < 4.78 is 16.9. The van der Waals surface area contributed by atoms with Gasteiger partial charge in [0.25, 0.3) is 0 Å². The molecule has 76 heavy (non-hydrogen) atoms. The number of carbonyl (C=O) groups excluding carboxylic acids is 3. The Kier molecular flexibility index (Phi) is 61.2. The summed E-state index contributed by atoms with van der Waals surface area (Å²) in [4.78, 5) is 38.3. The van der Waals surface area contributed by atoms with Crippen LogP contribution in [0, 0.1) is 0 Å². The van der Waals surface area contributed by atoms with E-state index in [1.165, 1.54) is 180 Å². The van der Waals surface area contributed by atoms with E-state index < -0.39 is 6.10 Å².